The number of nitrogens with one attached hydrogen (secondary N) is 1. The third-order valence-corrected chi connectivity index (χ3v) is 3.13. The molecule has 4 heteroatoms. The van der Waals surface area contributed by atoms with E-state index in [-0.39, 0.29) is 24.4 Å². The van der Waals surface area contributed by atoms with Crippen molar-refractivity contribution in [2.75, 3.05) is 6.54 Å². The van der Waals surface area contributed by atoms with Crippen LogP contribution in [0, 0.1) is 5.92 Å². The van der Waals surface area contributed by atoms with Gasteiger partial charge in [0, 0.05) is 18.2 Å². The van der Waals surface area contributed by atoms with E-state index in [0.717, 1.165) is 19.3 Å². The lowest BCUT2D eigenvalue weighted by molar-refractivity contribution is 0.0934. The van der Waals surface area contributed by atoms with Gasteiger partial charge in [0.25, 0.3) is 5.91 Å². The van der Waals surface area contributed by atoms with Crippen molar-refractivity contribution in [3.63, 3.8) is 0 Å². The van der Waals surface area contributed by atoms with E-state index in [1.165, 1.54) is 5.56 Å². The second-order valence-electron chi connectivity index (χ2n) is 5.48. The maximum Gasteiger partial charge on any atom is 0.251 e. The predicted molar refractivity (Wildman–Crippen MR) is 87.4 cm³/mol. The number of benzene rings is 1. The second-order valence-corrected chi connectivity index (χ2v) is 5.48. The summed E-state index contributed by atoms with van der Waals surface area (Å²) in [5.74, 6) is 0.500. The van der Waals surface area contributed by atoms with Gasteiger partial charge in [-0.2, -0.15) is 0 Å². The van der Waals surface area contributed by atoms with Crippen molar-refractivity contribution in [2.45, 2.75) is 46.1 Å². The molecule has 0 bridgehead atoms. The summed E-state index contributed by atoms with van der Waals surface area (Å²) in [6, 6.07) is 7.89. The van der Waals surface area contributed by atoms with Crippen LogP contribution in [0.2, 0.25) is 0 Å². The fraction of sp³-hybridized carbons (Fsp3) is 0.562. The molecular formula is C16H27ClN2O. The van der Waals surface area contributed by atoms with Crippen molar-refractivity contribution in [3.8, 4) is 0 Å². The third-order valence-electron chi connectivity index (χ3n) is 3.13. The molecule has 0 aromatic heterocycles. The Morgan fingerprint density at radius 3 is 2.30 bits per heavy atom. The highest BCUT2D eigenvalue weighted by atomic mass is 35.5. The minimum atomic E-state index is -0.0286. The predicted octanol–water partition coefficient (Wildman–Crippen LogP) is 3.16. The van der Waals surface area contributed by atoms with E-state index in [2.05, 4.69) is 26.1 Å². The van der Waals surface area contributed by atoms with Crippen molar-refractivity contribution in [1.82, 2.24) is 5.32 Å². The van der Waals surface area contributed by atoms with Crippen molar-refractivity contribution >= 4 is 18.3 Å². The van der Waals surface area contributed by atoms with Crippen LogP contribution in [0.1, 0.15) is 49.5 Å². The van der Waals surface area contributed by atoms with Crippen LogP contribution in [-0.4, -0.2) is 18.5 Å². The van der Waals surface area contributed by atoms with Crippen LogP contribution < -0.4 is 11.1 Å². The molecule has 3 nitrogen and oxygen atoms in total. The largest absolute Gasteiger partial charge is 0.348 e. The molecule has 1 aromatic carbocycles. The average Bonchev–Trinajstić information content (AvgIpc) is 2.38. The molecule has 1 amide bonds. The molecule has 0 heterocycles. The van der Waals surface area contributed by atoms with Crippen molar-refractivity contribution in [2.24, 2.45) is 11.7 Å². The Morgan fingerprint density at radius 1 is 1.25 bits per heavy atom. The summed E-state index contributed by atoms with van der Waals surface area (Å²) in [5.41, 5.74) is 7.68. The van der Waals surface area contributed by atoms with Crippen molar-refractivity contribution < 1.29 is 4.79 Å². The van der Waals surface area contributed by atoms with Gasteiger partial charge in [-0.05, 0) is 36.5 Å². The van der Waals surface area contributed by atoms with E-state index in [4.69, 9.17) is 5.73 Å². The highest BCUT2D eigenvalue weighted by Gasteiger charge is 2.13. The van der Waals surface area contributed by atoms with Crippen LogP contribution in [0.3, 0.4) is 0 Å². The molecular weight excluding hydrogens is 272 g/mol. The Kier molecular flexibility index (Phi) is 9.26. The Morgan fingerprint density at radius 2 is 1.85 bits per heavy atom. The van der Waals surface area contributed by atoms with E-state index in [1.807, 2.05) is 24.3 Å². The number of rotatable bonds is 7. The van der Waals surface area contributed by atoms with Gasteiger partial charge in [0.1, 0.15) is 0 Å². The molecule has 0 aliphatic carbocycles. The van der Waals surface area contributed by atoms with Gasteiger partial charge in [0.05, 0.1) is 0 Å². The maximum absolute atomic E-state index is 12.1. The lowest BCUT2D eigenvalue weighted by Gasteiger charge is -2.18. The Labute approximate surface area is 128 Å². The SMILES string of the molecule is CCCc1ccc(C(=O)NC(CN)CC(C)C)cc1.Cl. The van der Waals surface area contributed by atoms with E-state index in [0.29, 0.717) is 18.0 Å². The summed E-state index contributed by atoms with van der Waals surface area (Å²) in [7, 11) is 0. The smallest absolute Gasteiger partial charge is 0.251 e. The summed E-state index contributed by atoms with van der Waals surface area (Å²) < 4.78 is 0. The number of aryl methyl sites for hydroxylation is 1. The zero-order chi connectivity index (χ0) is 14.3. The molecule has 0 fully saturated rings. The average molecular weight is 299 g/mol. The summed E-state index contributed by atoms with van der Waals surface area (Å²) in [6.45, 7) is 6.90. The Hall–Kier alpha value is -1.06. The maximum atomic E-state index is 12.1. The van der Waals surface area contributed by atoms with Gasteiger partial charge in [-0.3, -0.25) is 4.79 Å². The number of halogens is 1. The fourth-order valence-corrected chi connectivity index (χ4v) is 2.16. The van der Waals surface area contributed by atoms with E-state index >= 15 is 0 Å². The first-order valence-corrected chi connectivity index (χ1v) is 7.16. The highest BCUT2D eigenvalue weighted by Crippen LogP contribution is 2.08. The van der Waals surface area contributed by atoms with E-state index in [1.54, 1.807) is 0 Å². The molecule has 0 spiro atoms. The molecule has 3 N–H and O–H groups in total. The summed E-state index contributed by atoms with van der Waals surface area (Å²) in [6.07, 6.45) is 3.09. The molecule has 1 atom stereocenters. The number of nitrogens with two attached hydrogens (primary N) is 1. The molecule has 0 saturated heterocycles. The summed E-state index contributed by atoms with van der Waals surface area (Å²) in [5, 5.41) is 3.00. The van der Waals surface area contributed by atoms with Gasteiger partial charge >= 0.3 is 0 Å². The highest BCUT2D eigenvalue weighted by molar-refractivity contribution is 5.94. The normalized spacial score (nSPS) is 11.8. The van der Waals surface area contributed by atoms with Crippen LogP contribution >= 0.6 is 12.4 Å². The number of carbonyl (C=O) groups excluding carboxylic acids is 1. The van der Waals surface area contributed by atoms with Crippen LogP contribution in [0.15, 0.2) is 24.3 Å². The van der Waals surface area contributed by atoms with Gasteiger partial charge in [0.2, 0.25) is 0 Å². The first kappa shape index (κ1) is 18.9. The van der Waals surface area contributed by atoms with Crippen molar-refractivity contribution in [3.05, 3.63) is 35.4 Å². The first-order valence-electron chi connectivity index (χ1n) is 7.16. The topological polar surface area (TPSA) is 55.1 Å². The molecule has 114 valence electrons. The van der Waals surface area contributed by atoms with Gasteiger partial charge in [-0.1, -0.05) is 39.3 Å². The zero-order valence-corrected chi connectivity index (χ0v) is 13.5. The van der Waals surface area contributed by atoms with Crippen molar-refractivity contribution in [1.29, 1.82) is 0 Å². The van der Waals surface area contributed by atoms with Gasteiger partial charge in [0.15, 0.2) is 0 Å². The van der Waals surface area contributed by atoms with E-state index < -0.39 is 0 Å². The second kappa shape index (κ2) is 9.78. The molecule has 0 radical (unpaired) electrons. The molecule has 0 aliphatic rings. The molecule has 1 unspecified atom stereocenters. The fourth-order valence-electron chi connectivity index (χ4n) is 2.16. The lowest BCUT2D eigenvalue weighted by atomic mass is 10.0. The molecule has 20 heavy (non-hydrogen) atoms. The molecule has 0 aliphatic heterocycles. The van der Waals surface area contributed by atoms with Crippen LogP contribution in [-0.2, 0) is 6.42 Å². The lowest BCUT2D eigenvalue weighted by Crippen LogP contribution is -2.41. The van der Waals surface area contributed by atoms with Gasteiger partial charge in [-0.15, -0.1) is 12.4 Å². The molecule has 1 rings (SSSR count). The summed E-state index contributed by atoms with van der Waals surface area (Å²) >= 11 is 0. The van der Waals surface area contributed by atoms with Gasteiger partial charge < -0.3 is 11.1 Å². The first-order chi connectivity index (χ1) is 9.06. The minimum Gasteiger partial charge on any atom is -0.348 e. The van der Waals surface area contributed by atoms with Gasteiger partial charge in [-0.25, -0.2) is 0 Å². The number of carbonyl (C=O) groups is 1. The number of hydrogen-bond acceptors (Lipinski definition) is 2. The van der Waals surface area contributed by atoms with Crippen LogP contribution in [0.25, 0.3) is 0 Å². The molecule has 1 aromatic rings. The molecule has 0 saturated carbocycles. The standard InChI is InChI=1S/C16H26N2O.ClH/c1-4-5-13-6-8-14(9-7-13)16(19)18-15(11-17)10-12(2)3;/h6-9,12,15H,4-5,10-11,17H2,1-3H3,(H,18,19);1H. The summed E-state index contributed by atoms with van der Waals surface area (Å²) in [4.78, 5) is 12.1. The quantitative estimate of drug-likeness (QED) is 0.812. The Balaban J connectivity index is 0.00000361. The van der Waals surface area contributed by atoms with Crippen LogP contribution in [0.4, 0.5) is 0 Å². The van der Waals surface area contributed by atoms with E-state index in [9.17, 15) is 4.79 Å². The monoisotopic (exact) mass is 298 g/mol. The Bertz CT molecular complexity index is 390. The van der Waals surface area contributed by atoms with Crippen LogP contribution in [0.5, 0.6) is 0 Å². The third kappa shape index (κ3) is 6.40. The number of amides is 1. The zero-order valence-electron chi connectivity index (χ0n) is 12.7. The number of hydrogen-bond donors (Lipinski definition) is 2. The minimum absolute atomic E-state index is 0.